The summed E-state index contributed by atoms with van der Waals surface area (Å²) in [7, 11) is 1.96. The second-order valence-electron chi connectivity index (χ2n) is 4.93. The zero-order valence-corrected chi connectivity index (χ0v) is 12.6. The number of pyridine rings is 1. The van der Waals surface area contributed by atoms with Crippen LogP contribution in [0.3, 0.4) is 0 Å². The minimum Gasteiger partial charge on any atom is -0.320 e. The van der Waals surface area contributed by atoms with Gasteiger partial charge >= 0.3 is 0 Å². The Morgan fingerprint density at radius 2 is 2.00 bits per heavy atom. The van der Waals surface area contributed by atoms with Crippen molar-refractivity contribution in [2.75, 3.05) is 13.6 Å². The fourth-order valence-corrected chi connectivity index (χ4v) is 2.55. The lowest BCUT2D eigenvalue weighted by molar-refractivity contribution is 0.578. The molecule has 0 saturated carbocycles. The highest BCUT2D eigenvalue weighted by atomic mass is 35.5. The van der Waals surface area contributed by atoms with Crippen molar-refractivity contribution < 1.29 is 0 Å². The fourth-order valence-electron chi connectivity index (χ4n) is 2.42. The van der Waals surface area contributed by atoms with Gasteiger partial charge in [-0.1, -0.05) is 23.7 Å². The van der Waals surface area contributed by atoms with Crippen LogP contribution in [0.1, 0.15) is 6.42 Å². The highest BCUT2D eigenvalue weighted by Crippen LogP contribution is 2.28. The molecule has 0 aliphatic rings. The number of hydrogen-bond donors (Lipinski definition) is 1. The summed E-state index contributed by atoms with van der Waals surface area (Å²) < 4.78 is 2.05. The predicted molar refractivity (Wildman–Crippen MR) is 86.5 cm³/mol. The van der Waals surface area contributed by atoms with Gasteiger partial charge in [-0.3, -0.25) is 9.67 Å². The van der Waals surface area contributed by atoms with E-state index in [1.54, 1.807) is 0 Å². The lowest BCUT2D eigenvalue weighted by atomic mass is 10.1. The standard InChI is InChI=1S/C16H17ClN4/c1-18-8-2-10-21-15-7-9-19-11-14(15)16(20-21)12-3-5-13(17)6-4-12/h3-7,9,11,18H,2,8,10H2,1H3. The number of fused-ring (bicyclic) bond motifs is 1. The van der Waals surface area contributed by atoms with Crippen molar-refractivity contribution in [1.29, 1.82) is 0 Å². The van der Waals surface area contributed by atoms with Crippen molar-refractivity contribution in [2.45, 2.75) is 13.0 Å². The second kappa shape index (κ2) is 6.24. The van der Waals surface area contributed by atoms with Crippen LogP contribution in [0, 0.1) is 0 Å². The van der Waals surface area contributed by atoms with Gasteiger partial charge < -0.3 is 5.32 Å². The molecule has 0 amide bonds. The molecule has 0 aliphatic heterocycles. The SMILES string of the molecule is CNCCCn1nc(-c2ccc(Cl)cc2)c2cnccc21. The van der Waals surface area contributed by atoms with Gasteiger partial charge in [-0.2, -0.15) is 5.10 Å². The number of nitrogens with one attached hydrogen (secondary N) is 1. The van der Waals surface area contributed by atoms with Crippen molar-refractivity contribution in [3.8, 4) is 11.3 Å². The summed E-state index contributed by atoms with van der Waals surface area (Å²) in [6, 6.07) is 9.78. The number of halogens is 1. The van der Waals surface area contributed by atoms with Gasteiger partial charge in [0.15, 0.2) is 0 Å². The topological polar surface area (TPSA) is 42.7 Å². The van der Waals surface area contributed by atoms with E-state index < -0.39 is 0 Å². The van der Waals surface area contributed by atoms with E-state index in [4.69, 9.17) is 16.7 Å². The van der Waals surface area contributed by atoms with Crippen LogP contribution in [-0.2, 0) is 6.54 Å². The van der Waals surface area contributed by atoms with E-state index in [9.17, 15) is 0 Å². The number of aryl methyl sites for hydroxylation is 1. The number of nitrogens with zero attached hydrogens (tertiary/aromatic N) is 3. The van der Waals surface area contributed by atoms with Gasteiger partial charge in [-0.25, -0.2) is 0 Å². The molecule has 3 aromatic rings. The molecule has 0 spiro atoms. The molecule has 0 radical (unpaired) electrons. The third kappa shape index (κ3) is 2.91. The van der Waals surface area contributed by atoms with Crippen LogP contribution in [0.4, 0.5) is 0 Å². The first-order valence-electron chi connectivity index (χ1n) is 7.00. The minimum absolute atomic E-state index is 0.731. The third-order valence-electron chi connectivity index (χ3n) is 3.47. The van der Waals surface area contributed by atoms with Crippen LogP contribution in [-0.4, -0.2) is 28.4 Å². The average Bonchev–Trinajstić information content (AvgIpc) is 2.88. The van der Waals surface area contributed by atoms with Gasteiger partial charge in [0.2, 0.25) is 0 Å². The molecule has 3 rings (SSSR count). The molecule has 2 aromatic heterocycles. The zero-order valence-electron chi connectivity index (χ0n) is 11.9. The van der Waals surface area contributed by atoms with E-state index >= 15 is 0 Å². The molecule has 0 bridgehead atoms. The Morgan fingerprint density at radius 3 is 2.76 bits per heavy atom. The molecular formula is C16H17ClN4. The molecule has 21 heavy (non-hydrogen) atoms. The maximum atomic E-state index is 5.96. The van der Waals surface area contributed by atoms with Crippen molar-refractivity contribution in [1.82, 2.24) is 20.1 Å². The van der Waals surface area contributed by atoms with E-state index in [-0.39, 0.29) is 0 Å². The largest absolute Gasteiger partial charge is 0.320 e. The Morgan fingerprint density at radius 1 is 1.19 bits per heavy atom. The molecule has 0 unspecified atom stereocenters. The molecule has 0 aliphatic carbocycles. The van der Waals surface area contributed by atoms with Gasteiger partial charge in [0.1, 0.15) is 5.69 Å². The first-order valence-corrected chi connectivity index (χ1v) is 7.38. The molecule has 1 N–H and O–H groups in total. The summed E-state index contributed by atoms with van der Waals surface area (Å²) in [5.41, 5.74) is 3.13. The van der Waals surface area contributed by atoms with Gasteiger partial charge in [-0.05, 0) is 38.2 Å². The molecule has 1 aromatic carbocycles. The van der Waals surface area contributed by atoms with Crippen molar-refractivity contribution in [2.24, 2.45) is 0 Å². The molecule has 5 heteroatoms. The number of rotatable bonds is 5. The van der Waals surface area contributed by atoms with Crippen molar-refractivity contribution in [3.63, 3.8) is 0 Å². The van der Waals surface area contributed by atoms with Crippen LogP contribution in [0.15, 0.2) is 42.7 Å². The maximum absolute atomic E-state index is 5.96. The summed E-state index contributed by atoms with van der Waals surface area (Å²) in [5.74, 6) is 0. The van der Waals surface area contributed by atoms with E-state index in [0.29, 0.717) is 0 Å². The van der Waals surface area contributed by atoms with Crippen LogP contribution in [0.2, 0.25) is 5.02 Å². The van der Waals surface area contributed by atoms with E-state index in [1.807, 2.05) is 49.8 Å². The third-order valence-corrected chi connectivity index (χ3v) is 3.72. The summed E-state index contributed by atoms with van der Waals surface area (Å²) >= 11 is 5.96. The first-order chi connectivity index (χ1) is 10.3. The monoisotopic (exact) mass is 300 g/mol. The Bertz CT molecular complexity index is 734. The summed E-state index contributed by atoms with van der Waals surface area (Å²) in [6.45, 7) is 1.86. The van der Waals surface area contributed by atoms with Crippen LogP contribution < -0.4 is 5.32 Å². The van der Waals surface area contributed by atoms with Crippen LogP contribution in [0.25, 0.3) is 22.2 Å². The Hall–Kier alpha value is -1.91. The van der Waals surface area contributed by atoms with E-state index in [0.717, 1.165) is 46.7 Å². The van der Waals surface area contributed by atoms with E-state index in [1.165, 1.54) is 0 Å². The maximum Gasteiger partial charge on any atom is 0.102 e. The highest BCUT2D eigenvalue weighted by molar-refractivity contribution is 6.30. The van der Waals surface area contributed by atoms with Crippen molar-refractivity contribution >= 4 is 22.5 Å². The van der Waals surface area contributed by atoms with Gasteiger partial charge in [0.25, 0.3) is 0 Å². The zero-order chi connectivity index (χ0) is 14.7. The smallest absolute Gasteiger partial charge is 0.102 e. The predicted octanol–water partition coefficient (Wildman–Crippen LogP) is 3.36. The second-order valence-corrected chi connectivity index (χ2v) is 5.37. The van der Waals surface area contributed by atoms with Crippen LogP contribution in [0.5, 0.6) is 0 Å². The Kier molecular flexibility index (Phi) is 4.18. The van der Waals surface area contributed by atoms with Gasteiger partial charge in [0, 0.05) is 34.9 Å². The quantitative estimate of drug-likeness (QED) is 0.735. The molecule has 0 saturated heterocycles. The molecular weight excluding hydrogens is 284 g/mol. The van der Waals surface area contributed by atoms with Gasteiger partial charge in [-0.15, -0.1) is 0 Å². The van der Waals surface area contributed by atoms with E-state index in [2.05, 4.69) is 15.0 Å². The first kappa shape index (κ1) is 14.0. The Balaban J connectivity index is 2.04. The number of benzene rings is 1. The molecule has 0 fully saturated rings. The fraction of sp³-hybridized carbons (Fsp3) is 0.250. The average molecular weight is 301 g/mol. The molecule has 0 atom stereocenters. The lowest BCUT2D eigenvalue weighted by Crippen LogP contribution is -2.11. The van der Waals surface area contributed by atoms with Gasteiger partial charge in [0.05, 0.1) is 5.52 Å². The molecule has 2 heterocycles. The number of hydrogen-bond acceptors (Lipinski definition) is 3. The highest BCUT2D eigenvalue weighted by Gasteiger charge is 2.12. The normalized spacial score (nSPS) is 11.1. The summed E-state index contributed by atoms with van der Waals surface area (Å²) in [4.78, 5) is 4.23. The van der Waals surface area contributed by atoms with Crippen molar-refractivity contribution in [3.05, 3.63) is 47.7 Å². The van der Waals surface area contributed by atoms with Crippen LogP contribution >= 0.6 is 11.6 Å². The minimum atomic E-state index is 0.731. The number of aromatic nitrogens is 3. The molecule has 4 nitrogen and oxygen atoms in total. The Labute approximate surface area is 128 Å². The lowest BCUT2D eigenvalue weighted by Gasteiger charge is -2.02. The summed E-state index contributed by atoms with van der Waals surface area (Å²) in [6.07, 6.45) is 4.72. The molecule has 108 valence electrons. The summed E-state index contributed by atoms with van der Waals surface area (Å²) in [5, 5.41) is 9.73.